The molecule has 0 bridgehead atoms. The van der Waals surface area contributed by atoms with Crippen molar-refractivity contribution >= 4 is 22.2 Å². The molecule has 3 aromatic rings. The van der Waals surface area contributed by atoms with Gasteiger partial charge in [-0.3, -0.25) is 13.9 Å². The second-order valence-electron chi connectivity index (χ2n) is 7.34. The van der Waals surface area contributed by atoms with Crippen LogP contribution in [-0.4, -0.2) is 37.2 Å². The van der Waals surface area contributed by atoms with Crippen molar-refractivity contribution in [3.63, 3.8) is 0 Å². The third-order valence-corrected chi connectivity index (χ3v) is 5.77. The van der Waals surface area contributed by atoms with E-state index in [0.717, 1.165) is 15.3 Å². The van der Waals surface area contributed by atoms with Crippen LogP contribution in [0.5, 0.6) is 0 Å². The Morgan fingerprint density at radius 3 is 2.61 bits per heavy atom. The first-order valence-electron chi connectivity index (χ1n) is 8.71. The fourth-order valence-corrected chi connectivity index (χ4v) is 4.36. The Bertz CT molecular complexity index is 1160. The number of nitrogens with zero attached hydrogens (tertiary/aromatic N) is 4. The third kappa shape index (κ3) is 3.55. The second-order valence-corrected chi connectivity index (χ2v) is 8.20. The topological polar surface area (TPSA) is 80.3 Å². The van der Waals surface area contributed by atoms with Crippen molar-refractivity contribution in [3.8, 4) is 10.7 Å². The average Bonchev–Trinajstić information content (AvgIpc) is 3.28. The SMILES string of the molecule is Cc1csc(-c2c3c(=O)n(C)c(=O)n(C)c3cn2CC2COC(C)(C)O2)n1.[H-].[Na+]. The van der Waals surface area contributed by atoms with E-state index in [-0.39, 0.29) is 48.3 Å². The minimum absolute atomic E-state index is 0. The number of fused-ring (bicyclic) bond motifs is 1. The molecule has 0 aromatic carbocycles. The molecule has 0 saturated carbocycles. The Morgan fingerprint density at radius 2 is 2.04 bits per heavy atom. The number of hydrogen-bond acceptors (Lipinski definition) is 6. The maximum Gasteiger partial charge on any atom is 1.00 e. The standard InChI is InChI=1S/C18H22N4O4S.Na.H/c1-10-9-27-15(19-10)14-13-12(20(4)17(24)21(5)16(13)23)7-22(14)6-11-8-25-18(2,3)26-11;;/h7,9,11H,6,8H2,1-5H3;;/q;+1;-1. The minimum atomic E-state index is -0.627. The summed E-state index contributed by atoms with van der Waals surface area (Å²) >= 11 is 1.48. The monoisotopic (exact) mass is 414 g/mol. The molecule has 4 heterocycles. The predicted molar refractivity (Wildman–Crippen MR) is 104 cm³/mol. The van der Waals surface area contributed by atoms with Crippen LogP contribution >= 0.6 is 11.3 Å². The maximum absolute atomic E-state index is 12.9. The van der Waals surface area contributed by atoms with E-state index in [0.29, 0.717) is 29.7 Å². The molecule has 1 fully saturated rings. The number of hydrogen-bond donors (Lipinski definition) is 0. The largest absolute Gasteiger partial charge is 1.00 e. The zero-order valence-electron chi connectivity index (χ0n) is 18.0. The van der Waals surface area contributed by atoms with Gasteiger partial charge in [0.05, 0.1) is 29.7 Å². The quantitative estimate of drug-likeness (QED) is 0.500. The van der Waals surface area contributed by atoms with Crippen molar-refractivity contribution in [2.45, 2.75) is 39.2 Å². The van der Waals surface area contributed by atoms with E-state index in [2.05, 4.69) is 4.98 Å². The molecular weight excluding hydrogens is 391 g/mol. The molecule has 0 N–H and O–H groups in total. The fourth-order valence-electron chi connectivity index (χ4n) is 3.50. The van der Waals surface area contributed by atoms with Gasteiger partial charge in [0.15, 0.2) is 5.79 Å². The zero-order valence-corrected chi connectivity index (χ0v) is 19.8. The predicted octanol–water partition coefficient (Wildman–Crippen LogP) is -1.26. The van der Waals surface area contributed by atoms with Gasteiger partial charge < -0.3 is 15.5 Å². The first-order chi connectivity index (χ1) is 12.7. The molecule has 4 rings (SSSR count). The first-order valence-corrected chi connectivity index (χ1v) is 9.59. The van der Waals surface area contributed by atoms with Crippen LogP contribution in [0.3, 0.4) is 0 Å². The van der Waals surface area contributed by atoms with E-state index in [1.807, 2.05) is 36.9 Å². The number of aryl methyl sites for hydroxylation is 2. The summed E-state index contributed by atoms with van der Waals surface area (Å²) < 4.78 is 16.2. The molecule has 10 heteroatoms. The van der Waals surface area contributed by atoms with Crippen LogP contribution in [0.1, 0.15) is 21.0 Å². The van der Waals surface area contributed by atoms with E-state index in [1.54, 1.807) is 7.05 Å². The molecule has 146 valence electrons. The molecule has 1 unspecified atom stereocenters. The molecule has 1 aliphatic rings. The number of rotatable bonds is 3. The van der Waals surface area contributed by atoms with Crippen molar-refractivity contribution in [2.24, 2.45) is 14.1 Å². The summed E-state index contributed by atoms with van der Waals surface area (Å²) in [5, 5.41) is 3.19. The van der Waals surface area contributed by atoms with Gasteiger partial charge in [-0.15, -0.1) is 11.3 Å². The summed E-state index contributed by atoms with van der Waals surface area (Å²) in [6.45, 7) is 6.64. The fraction of sp³-hybridized carbons (Fsp3) is 0.500. The smallest absolute Gasteiger partial charge is 1.00 e. The van der Waals surface area contributed by atoms with Gasteiger partial charge in [-0.25, -0.2) is 9.78 Å². The van der Waals surface area contributed by atoms with Crippen LogP contribution in [0.25, 0.3) is 21.6 Å². The molecule has 1 saturated heterocycles. The van der Waals surface area contributed by atoms with Gasteiger partial charge in [-0.2, -0.15) is 0 Å². The van der Waals surface area contributed by atoms with Crippen molar-refractivity contribution in [3.05, 3.63) is 38.1 Å². The number of aromatic nitrogens is 4. The van der Waals surface area contributed by atoms with Crippen molar-refractivity contribution < 1.29 is 40.5 Å². The van der Waals surface area contributed by atoms with Gasteiger partial charge in [0.2, 0.25) is 0 Å². The van der Waals surface area contributed by atoms with Gasteiger partial charge in [0.1, 0.15) is 11.1 Å². The molecule has 3 aromatic heterocycles. The Labute approximate surface area is 189 Å². The molecule has 0 aliphatic carbocycles. The summed E-state index contributed by atoms with van der Waals surface area (Å²) in [5.74, 6) is -0.627. The summed E-state index contributed by atoms with van der Waals surface area (Å²) in [5.41, 5.74) is 1.52. The molecule has 0 spiro atoms. The Kier molecular flexibility index (Phi) is 5.79. The van der Waals surface area contributed by atoms with Crippen molar-refractivity contribution in [1.82, 2.24) is 18.7 Å². The molecule has 1 atom stereocenters. The van der Waals surface area contributed by atoms with Crippen LogP contribution in [0, 0.1) is 6.92 Å². The van der Waals surface area contributed by atoms with Gasteiger partial charge >= 0.3 is 35.2 Å². The van der Waals surface area contributed by atoms with Crippen LogP contribution < -0.4 is 40.8 Å². The molecule has 0 amide bonds. The third-order valence-electron chi connectivity index (χ3n) is 4.80. The molecule has 28 heavy (non-hydrogen) atoms. The molecule has 1 aliphatic heterocycles. The Morgan fingerprint density at radius 1 is 1.32 bits per heavy atom. The van der Waals surface area contributed by atoms with E-state index in [1.165, 1.54) is 23.0 Å². The normalized spacial score (nSPS) is 18.5. The van der Waals surface area contributed by atoms with Crippen LogP contribution in [0.4, 0.5) is 0 Å². The summed E-state index contributed by atoms with van der Waals surface area (Å²) in [4.78, 5) is 29.8. The van der Waals surface area contributed by atoms with Crippen molar-refractivity contribution in [2.75, 3.05) is 6.61 Å². The zero-order chi connectivity index (χ0) is 19.5. The van der Waals surface area contributed by atoms with Gasteiger partial charge in [0.25, 0.3) is 5.56 Å². The minimum Gasteiger partial charge on any atom is -1.00 e. The summed E-state index contributed by atoms with van der Waals surface area (Å²) in [7, 11) is 3.17. The van der Waals surface area contributed by atoms with Gasteiger partial charge in [-0.1, -0.05) is 0 Å². The number of thiazole rings is 1. The van der Waals surface area contributed by atoms with Gasteiger partial charge in [-0.05, 0) is 20.8 Å². The first kappa shape index (κ1) is 21.5. The molecular formula is C18H23N4NaO4S. The molecule has 8 nitrogen and oxygen atoms in total. The van der Waals surface area contributed by atoms with E-state index < -0.39 is 5.79 Å². The van der Waals surface area contributed by atoms with Crippen LogP contribution in [0.2, 0.25) is 0 Å². The number of ether oxygens (including phenoxy) is 2. The molecule has 0 radical (unpaired) electrons. The van der Waals surface area contributed by atoms with E-state index >= 15 is 0 Å². The second kappa shape index (κ2) is 7.55. The Balaban J connectivity index is 0.00000150. The van der Waals surface area contributed by atoms with Gasteiger partial charge in [0, 0.05) is 31.4 Å². The average molecular weight is 414 g/mol. The summed E-state index contributed by atoms with van der Waals surface area (Å²) in [6.07, 6.45) is 1.68. The Hall–Kier alpha value is -1.23. The van der Waals surface area contributed by atoms with Crippen molar-refractivity contribution in [1.29, 1.82) is 0 Å². The van der Waals surface area contributed by atoms with E-state index in [4.69, 9.17) is 9.47 Å². The summed E-state index contributed by atoms with van der Waals surface area (Å²) in [6, 6.07) is 0. The maximum atomic E-state index is 12.9. The van der Waals surface area contributed by atoms with E-state index in [9.17, 15) is 9.59 Å². The van der Waals surface area contributed by atoms with Crippen LogP contribution in [0.15, 0.2) is 21.2 Å². The van der Waals surface area contributed by atoms with Crippen LogP contribution in [-0.2, 0) is 30.1 Å².